The van der Waals surface area contributed by atoms with Gasteiger partial charge < -0.3 is 5.32 Å². The molecule has 0 amide bonds. The van der Waals surface area contributed by atoms with Crippen LogP contribution in [0.15, 0.2) is 6.33 Å². The lowest BCUT2D eigenvalue weighted by atomic mass is 9.82. The van der Waals surface area contributed by atoms with Crippen LogP contribution in [0, 0.1) is 11.3 Å². The third-order valence-electron chi connectivity index (χ3n) is 3.22. The maximum absolute atomic E-state index is 4.42. The second kappa shape index (κ2) is 6.32. The maximum Gasteiger partial charge on any atom is 0.138 e. The Morgan fingerprint density at radius 2 is 2.00 bits per heavy atom. The first-order valence-corrected chi connectivity index (χ1v) is 6.88. The molecular formula is C14H28N4. The molecule has 1 aromatic rings. The van der Waals surface area contributed by atoms with Gasteiger partial charge in [0.2, 0.25) is 0 Å². The largest absolute Gasteiger partial charge is 0.317 e. The van der Waals surface area contributed by atoms with Crippen molar-refractivity contribution in [1.82, 2.24) is 20.1 Å². The second-order valence-electron chi connectivity index (χ2n) is 6.49. The van der Waals surface area contributed by atoms with Gasteiger partial charge in [-0.3, -0.25) is 0 Å². The van der Waals surface area contributed by atoms with Crippen LogP contribution in [0.1, 0.15) is 46.9 Å². The van der Waals surface area contributed by atoms with Gasteiger partial charge in [-0.25, -0.2) is 9.67 Å². The molecule has 0 radical (unpaired) electrons. The zero-order valence-corrected chi connectivity index (χ0v) is 12.7. The van der Waals surface area contributed by atoms with Crippen molar-refractivity contribution in [2.24, 2.45) is 11.3 Å². The van der Waals surface area contributed by atoms with Crippen molar-refractivity contribution >= 4 is 0 Å². The molecule has 18 heavy (non-hydrogen) atoms. The van der Waals surface area contributed by atoms with Crippen molar-refractivity contribution in [2.75, 3.05) is 7.05 Å². The van der Waals surface area contributed by atoms with Crippen molar-refractivity contribution in [3.05, 3.63) is 12.2 Å². The fourth-order valence-corrected chi connectivity index (χ4v) is 2.35. The van der Waals surface area contributed by atoms with E-state index in [1.165, 1.54) is 0 Å². The van der Waals surface area contributed by atoms with Crippen molar-refractivity contribution < 1.29 is 0 Å². The lowest BCUT2D eigenvalue weighted by Crippen LogP contribution is -2.30. The first kappa shape index (κ1) is 15.2. The Balaban J connectivity index is 2.68. The predicted molar refractivity (Wildman–Crippen MR) is 75.5 cm³/mol. The lowest BCUT2D eigenvalue weighted by Gasteiger charge is -2.27. The fraction of sp³-hybridized carbons (Fsp3) is 0.857. The molecule has 0 spiro atoms. The monoisotopic (exact) mass is 252 g/mol. The minimum absolute atomic E-state index is 0.240. The standard InChI is InChI=1S/C14H28N4/c1-11(2)9-18-13(16-10-17-18)8-14(4,5)7-12(3)15-6/h10-12,15H,7-9H2,1-6H3. The molecule has 0 aliphatic carbocycles. The molecule has 0 saturated carbocycles. The summed E-state index contributed by atoms with van der Waals surface area (Å²) in [6.07, 6.45) is 3.79. The Hall–Kier alpha value is -0.900. The van der Waals surface area contributed by atoms with Gasteiger partial charge in [-0.2, -0.15) is 5.10 Å². The van der Waals surface area contributed by atoms with Gasteiger partial charge in [-0.15, -0.1) is 0 Å². The molecule has 1 N–H and O–H groups in total. The zero-order valence-electron chi connectivity index (χ0n) is 12.7. The summed E-state index contributed by atoms with van der Waals surface area (Å²) in [6.45, 7) is 12.2. The van der Waals surface area contributed by atoms with Crippen molar-refractivity contribution in [3.8, 4) is 0 Å². The van der Waals surface area contributed by atoms with Crippen molar-refractivity contribution in [2.45, 2.75) is 60.0 Å². The number of nitrogens with zero attached hydrogens (tertiary/aromatic N) is 3. The Labute approximate surface area is 111 Å². The number of aromatic nitrogens is 3. The van der Waals surface area contributed by atoms with Crippen LogP contribution >= 0.6 is 0 Å². The van der Waals surface area contributed by atoms with Gasteiger partial charge in [0.25, 0.3) is 0 Å². The first-order chi connectivity index (χ1) is 8.34. The Morgan fingerprint density at radius 3 is 2.56 bits per heavy atom. The van der Waals surface area contributed by atoms with Crippen LogP contribution in [-0.2, 0) is 13.0 Å². The maximum atomic E-state index is 4.42. The van der Waals surface area contributed by atoms with Crippen LogP contribution in [0.2, 0.25) is 0 Å². The van der Waals surface area contributed by atoms with Gasteiger partial charge >= 0.3 is 0 Å². The van der Waals surface area contributed by atoms with E-state index in [0.29, 0.717) is 12.0 Å². The van der Waals surface area contributed by atoms with E-state index in [4.69, 9.17) is 0 Å². The summed E-state index contributed by atoms with van der Waals surface area (Å²) in [6, 6.07) is 0.529. The summed E-state index contributed by atoms with van der Waals surface area (Å²) in [7, 11) is 2.02. The number of hydrogen-bond acceptors (Lipinski definition) is 3. The van der Waals surface area contributed by atoms with Crippen LogP contribution in [0.5, 0.6) is 0 Å². The molecule has 0 aliphatic rings. The number of nitrogens with one attached hydrogen (secondary N) is 1. The summed E-state index contributed by atoms with van der Waals surface area (Å²) in [4.78, 5) is 4.42. The molecule has 4 heteroatoms. The van der Waals surface area contributed by atoms with Crippen LogP contribution < -0.4 is 5.32 Å². The third kappa shape index (κ3) is 4.77. The van der Waals surface area contributed by atoms with E-state index in [9.17, 15) is 0 Å². The van der Waals surface area contributed by atoms with Gasteiger partial charge in [0, 0.05) is 19.0 Å². The lowest BCUT2D eigenvalue weighted by molar-refractivity contribution is 0.280. The summed E-state index contributed by atoms with van der Waals surface area (Å²) in [5, 5.41) is 7.63. The highest BCUT2D eigenvalue weighted by molar-refractivity contribution is 4.92. The normalized spacial score (nSPS) is 14.2. The Bertz CT molecular complexity index is 354. The van der Waals surface area contributed by atoms with E-state index in [2.05, 4.69) is 54.7 Å². The highest BCUT2D eigenvalue weighted by atomic mass is 15.3. The zero-order chi connectivity index (χ0) is 13.8. The van der Waals surface area contributed by atoms with Crippen molar-refractivity contribution in [1.29, 1.82) is 0 Å². The number of hydrogen-bond donors (Lipinski definition) is 1. The molecule has 0 saturated heterocycles. The molecule has 104 valence electrons. The average molecular weight is 252 g/mol. The SMILES string of the molecule is CNC(C)CC(C)(C)Cc1ncnn1CC(C)C. The molecule has 1 atom stereocenters. The highest BCUT2D eigenvalue weighted by Gasteiger charge is 2.23. The molecule has 0 fully saturated rings. The summed E-state index contributed by atoms with van der Waals surface area (Å²) < 4.78 is 2.05. The molecule has 1 unspecified atom stereocenters. The van der Waals surface area contributed by atoms with Gasteiger partial charge in [-0.1, -0.05) is 27.7 Å². The first-order valence-electron chi connectivity index (χ1n) is 6.88. The Kier molecular flexibility index (Phi) is 5.32. The van der Waals surface area contributed by atoms with E-state index in [0.717, 1.165) is 25.2 Å². The van der Waals surface area contributed by atoms with Gasteiger partial charge in [0.05, 0.1) is 0 Å². The highest BCUT2D eigenvalue weighted by Crippen LogP contribution is 2.26. The third-order valence-corrected chi connectivity index (χ3v) is 3.22. The van der Waals surface area contributed by atoms with Crippen LogP contribution in [-0.4, -0.2) is 27.9 Å². The minimum Gasteiger partial charge on any atom is -0.317 e. The van der Waals surface area contributed by atoms with Crippen LogP contribution in [0.4, 0.5) is 0 Å². The summed E-state index contributed by atoms with van der Waals surface area (Å²) in [5.74, 6) is 1.71. The predicted octanol–water partition coefficient (Wildman–Crippen LogP) is 2.50. The molecule has 1 aromatic heterocycles. The van der Waals surface area contributed by atoms with Gasteiger partial charge in [-0.05, 0) is 31.7 Å². The molecule has 1 rings (SSSR count). The van der Waals surface area contributed by atoms with Crippen LogP contribution in [0.25, 0.3) is 0 Å². The average Bonchev–Trinajstić information content (AvgIpc) is 2.63. The van der Waals surface area contributed by atoms with E-state index >= 15 is 0 Å². The van der Waals surface area contributed by atoms with E-state index < -0.39 is 0 Å². The summed E-state index contributed by atoms with van der Waals surface area (Å²) >= 11 is 0. The molecule has 1 heterocycles. The van der Waals surface area contributed by atoms with E-state index in [1.807, 2.05) is 7.05 Å². The van der Waals surface area contributed by atoms with Gasteiger partial charge in [0.15, 0.2) is 0 Å². The molecule has 4 nitrogen and oxygen atoms in total. The van der Waals surface area contributed by atoms with Crippen molar-refractivity contribution in [3.63, 3.8) is 0 Å². The summed E-state index contributed by atoms with van der Waals surface area (Å²) in [5.41, 5.74) is 0.240. The molecular weight excluding hydrogens is 224 g/mol. The second-order valence-corrected chi connectivity index (χ2v) is 6.49. The smallest absolute Gasteiger partial charge is 0.138 e. The van der Waals surface area contributed by atoms with Crippen LogP contribution in [0.3, 0.4) is 0 Å². The van der Waals surface area contributed by atoms with E-state index in [-0.39, 0.29) is 5.41 Å². The molecule has 0 aromatic carbocycles. The minimum atomic E-state index is 0.240. The topological polar surface area (TPSA) is 42.7 Å². The molecule has 0 aliphatic heterocycles. The van der Waals surface area contributed by atoms with E-state index in [1.54, 1.807) is 6.33 Å². The molecule has 0 bridgehead atoms. The van der Waals surface area contributed by atoms with Gasteiger partial charge in [0.1, 0.15) is 12.2 Å². The Morgan fingerprint density at radius 1 is 1.33 bits per heavy atom. The number of rotatable bonds is 7. The quantitative estimate of drug-likeness (QED) is 0.811. The fourth-order valence-electron chi connectivity index (χ4n) is 2.35.